The normalized spacial score (nSPS) is 15.7. The minimum absolute atomic E-state index is 0.0307. The zero-order valence-corrected chi connectivity index (χ0v) is 19.5. The number of hydrogen-bond donors (Lipinski definition) is 2. The second-order valence-corrected chi connectivity index (χ2v) is 9.20. The van der Waals surface area contributed by atoms with Crippen LogP contribution in [0.15, 0.2) is 24.3 Å². The Balaban J connectivity index is 1.71. The highest BCUT2D eigenvalue weighted by molar-refractivity contribution is 7.21. The molecule has 3 N–H and O–H groups in total. The van der Waals surface area contributed by atoms with Gasteiger partial charge >= 0.3 is 12.1 Å². The molecule has 2 aromatic heterocycles. The zero-order valence-electron chi connectivity index (χ0n) is 18.7. The zero-order chi connectivity index (χ0) is 24.6. The van der Waals surface area contributed by atoms with Gasteiger partial charge in [-0.05, 0) is 61.9 Å². The van der Waals surface area contributed by atoms with E-state index >= 15 is 0 Å². The van der Waals surface area contributed by atoms with Crippen molar-refractivity contribution in [3.8, 4) is 0 Å². The number of nitrogens with one attached hydrogen (secondary N) is 1. The fraction of sp³-hybridized carbons (Fsp3) is 0.375. The number of nitrogen functional groups attached to an aromatic ring is 1. The number of rotatable bonds is 5. The van der Waals surface area contributed by atoms with Crippen LogP contribution in [0.4, 0.5) is 24.5 Å². The maximum absolute atomic E-state index is 14.2. The van der Waals surface area contributed by atoms with Crippen LogP contribution < -0.4 is 11.1 Å². The number of aromatic nitrogens is 1. The van der Waals surface area contributed by atoms with Gasteiger partial charge in [0, 0.05) is 16.8 Å². The lowest BCUT2D eigenvalue weighted by atomic mass is 9.82. The molecular weight excluding hydrogens is 467 g/mol. The Kier molecular flexibility index (Phi) is 6.53. The van der Waals surface area contributed by atoms with E-state index in [9.17, 15) is 22.8 Å². The Hall–Kier alpha value is -3.14. The maximum atomic E-state index is 14.2. The summed E-state index contributed by atoms with van der Waals surface area (Å²) in [7, 11) is 0. The number of carbonyl (C=O) groups excluding carboxylic acids is 2. The van der Waals surface area contributed by atoms with Gasteiger partial charge in [0.15, 0.2) is 0 Å². The van der Waals surface area contributed by atoms with Crippen molar-refractivity contribution >= 4 is 44.8 Å². The van der Waals surface area contributed by atoms with Gasteiger partial charge in [-0.2, -0.15) is 13.2 Å². The molecule has 1 aliphatic carbocycles. The molecule has 4 rings (SSSR count). The van der Waals surface area contributed by atoms with E-state index in [4.69, 9.17) is 10.5 Å². The molecule has 1 aromatic carbocycles. The van der Waals surface area contributed by atoms with Crippen molar-refractivity contribution in [3.63, 3.8) is 0 Å². The number of thiophene rings is 1. The largest absolute Gasteiger partial charge is 0.462 e. The Morgan fingerprint density at radius 1 is 1.24 bits per heavy atom. The molecule has 0 saturated heterocycles. The first-order chi connectivity index (χ1) is 16.1. The summed E-state index contributed by atoms with van der Waals surface area (Å²) >= 11 is 0.853. The SMILES string of the molecule is CCOC(=O)c1ccc(NC(=O)c2sc3nc4c(c(C(F)(F)F)c3c2N)C[C@@H](CC)CC4)cc1. The summed E-state index contributed by atoms with van der Waals surface area (Å²) in [5.41, 5.74) is 6.47. The van der Waals surface area contributed by atoms with Crippen LogP contribution in [0.5, 0.6) is 0 Å². The third-order valence-corrected chi connectivity index (χ3v) is 7.16. The smallest absolute Gasteiger partial charge is 0.417 e. The second kappa shape index (κ2) is 9.25. The number of nitrogens with two attached hydrogens (primary N) is 1. The molecule has 3 aromatic rings. The lowest BCUT2D eigenvalue weighted by Crippen LogP contribution is -2.21. The van der Waals surface area contributed by atoms with Gasteiger partial charge in [-0.15, -0.1) is 11.3 Å². The molecule has 1 amide bonds. The summed E-state index contributed by atoms with van der Waals surface area (Å²) in [6, 6.07) is 6.00. The average Bonchev–Trinajstić information content (AvgIpc) is 3.12. The van der Waals surface area contributed by atoms with Crippen molar-refractivity contribution in [1.29, 1.82) is 0 Å². The highest BCUT2D eigenvalue weighted by Gasteiger charge is 2.40. The Morgan fingerprint density at radius 3 is 2.56 bits per heavy atom. The van der Waals surface area contributed by atoms with Crippen molar-refractivity contribution in [2.45, 2.75) is 45.7 Å². The molecule has 1 aliphatic rings. The molecule has 34 heavy (non-hydrogen) atoms. The van der Waals surface area contributed by atoms with E-state index < -0.39 is 23.6 Å². The fourth-order valence-corrected chi connectivity index (χ4v) is 5.34. The molecule has 6 nitrogen and oxygen atoms in total. The van der Waals surface area contributed by atoms with E-state index in [0.717, 1.165) is 24.2 Å². The number of hydrogen-bond acceptors (Lipinski definition) is 6. The summed E-state index contributed by atoms with van der Waals surface area (Å²) < 4.78 is 47.6. The van der Waals surface area contributed by atoms with Crippen LogP contribution >= 0.6 is 11.3 Å². The first-order valence-electron chi connectivity index (χ1n) is 11.0. The summed E-state index contributed by atoms with van der Waals surface area (Å²) in [6.45, 7) is 3.90. The number of pyridine rings is 1. The van der Waals surface area contributed by atoms with E-state index in [2.05, 4.69) is 10.3 Å². The molecule has 0 spiro atoms. The van der Waals surface area contributed by atoms with Crippen molar-refractivity contribution in [2.24, 2.45) is 5.92 Å². The van der Waals surface area contributed by atoms with Crippen LogP contribution in [0.25, 0.3) is 10.2 Å². The number of nitrogens with zero attached hydrogens (tertiary/aromatic N) is 1. The minimum Gasteiger partial charge on any atom is -0.462 e. The summed E-state index contributed by atoms with van der Waals surface area (Å²) in [5, 5.41) is 2.43. The highest BCUT2D eigenvalue weighted by Crippen LogP contribution is 2.46. The molecule has 0 aliphatic heterocycles. The minimum atomic E-state index is -4.62. The molecule has 10 heteroatoms. The number of esters is 1. The van der Waals surface area contributed by atoms with Crippen molar-refractivity contribution < 1.29 is 27.5 Å². The number of fused-ring (bicyclic) bond motifs is 2. The highest BCUT2D eigenvalue weighted by atomic mass is 32.1. The van der Waals surface area contributed by atoms with Crippen molar-refractivity contribution in [2.75, 3.05) is 17.7 Å². The first kappa shape index (κ1) is 24.0. The van der Waals surface area contributed by atoms with Crippen LogP contribution in [0.2, 0.25) is 0 Å². The van der Waals surface area contributed by atoms with E-state index in [1.807, 2.05) is 6.92 Å². The Bertz CT molecular complexity index is 1250. The quantitative estimate of drug-likeness (QED) is 0.437. The Labute approximate surface area is 198 Å². The summed E-state index contributed by atoms with van der Waals surface area (Å²) in [4.78, 5) is 29.3. The van der Waals surface area contributed by atoms with Gasteiger partial charge in [-0.3, -0.25) is 4.79 Å². The van der Waals surface area contributed by atoms with E-state index in [1.54, 1.807) is 6.92 Å². The third kappa shape index (κ3) is 4.46. The molecule has 0 fully saturated rings. The number of aryl methyl sites for hydroxylation is 1. The standard InChI is InChI=1S/C24H24F3N3O3S/c1-3-12-5-10-16-15(11-12)18(24(25,26)27)17-19(28)20(34-22(17)30-16)21(31)29-14-8-6-13(7-9-14)23(32)33-4-2/h6-9,12H,3-5,10-11,28H2,1-2H3,(H,29,31)/t12-/m0/s1. The van der Waals surface area contributed by atoms with Gasteiger partial charge in [-0.1, -0.05) is 13.3 Å². The first-order valence-corrected chi connectivity index (χ1v) is 11.8. The fourth-order valence-electron chi connectivity index (χ4n) is 4.32. The number of benzene rings is 1. The van der Waals surface area contributed by atoms with Gasteiger partial charge in [0.2, 0.25) is 0 Å². The predicted octanol–water partition coefficient (Wildman–Crippen LogP) is 5.84. The van der Waals surface area contributed by atoms with E-state index in [1.165, 1.54) is 24.3 Å². The van der Waals surface area contributed by atoms with Crippen molar-refractivity contribution in [3.05, 3.63) is 51.5 Å². The molecule has 0 unspecified atom stereocenters. The molecule has 1 atom stereocenters. The van der Waals surface area contributed by atoms with Crippen LogP contribution in [0.3, 0.4) is 0 Å². The molecule has 2 heterocycles. The molecular formula is C24H24F3N3O3S. The van der Waals surface area contributed by atoms with E-state index in [-0.39, 0.29) is 38.9 Å². The number of halogens is 3. The summed E-state index contributed by atoms with van der Waals surface area (Å²) in [6.07, 6.45) is -2.27. The average molecular weight is 492 g/mol. The second-order valence-electron chi connectivity index (χ2n) is 8.20. The molecule has 0 saturated carbocycles. The van der Waals surface area contributed by atoms with Gasteiger partial charge < -0.3 is 15.8 Å². The molecule has 0 bridgehead atoms. The lowest BCUT2D eigenvalue weighted by Gasteiger charge is -2.26. The Morgan fingerprint density at radius 2 is 1.94 bits per heavy atom. The monoisotopic (exact) mass is 491 g/mol. The third-order valence-electron chi connectivity index (χ3n) is 6.07. The van der Waals surface area contributed by atoms with Gasteiger partial charge in [0.25, 0.3) is 5.91 Å². The number of alkyl halides is 3. The van der Waals surface area contributed by atoms with Gasteiger partial charge in [0.1, 0.15) is 9.71 Å². The predicted molar refractivity (Wildman–Crippen MR) is 125 cm³/mol. The maximum Gasteiger partial charge on any atom is 0.417 e. The number of anilines is 2. The van der Waals surface area contributed by atoms with Crippen LogP contribution in [-0.4, -0.2) is 23.5 Å². The molecule has 0 radical (unpaired) electrons. The van der Waals surface area contributed by atoms with Crippen LogP contribution in [0, 0.1) is 5.92 Å². The van der Waals surface area contributed by atoms with Crippen molar-refractivity contribution in [1.82, 2.24) is 4.98 Å². The number of amides is 1. The van der Waals surface area contributed by atoms with Crippen LogP contribution in [0.1, 0.15) is 63.5 Å². The molecule has 180 valence electrons. The van der Waals surface area contributed by atoms with Gasteiger partial charge in [-0.25, -0.2) is 9.78 Å². The summed E-state index contributed by atoms with van der Waals surface area (Å²) in [5.74, 6) is -0.968. The number of ether oxygens (including phenoxy) is 1. The number of carbonyl (C=O) groups is 2. The lowest BCUT2D eigenvalue weighted by molar-refractivity contribution is -0.137. The van der Waals surface area contributed by atoms with E-state index in [0.29, 0.717) is 29.8 Å². The topological polar surface area (TPSA) is 94.3 Å². The van der Waals surface area contributed by atoms with Gasteiger partial charge in [0.05, 0.1) is 23.4 Å². The van der Waals surface area contributed by atoms with Crippen LogP contribution in [-0.2, 0) is 23.8 Å².